The van der Waals surface area contributed by atoms with Crippen molar-refractivity contribution >= 4 is 15.7 Å². The minimum atomic E-state index is -3.74. The first-order chi connectivity index (χ1) is 16.4. The molecule has 0 radical (unpaired) electrons. The molecule has 3 aromatic rings. The summed E-state index contributed by atoms with van der Waals surface area (Å²) < 4.78 is 42.8. The molecule has 1 fully saturated rings. The van der Waals surface area contributed by atoms with Gasteiger partial charge in [-0.3, -0.25) is 0 Å². The Morgan fingerprint density at radius 2 is 1.85 bits per heavy atom. The molecular formula is C27H25FN2O3S. The first-order valence-electron chi connectivity index (χ1n) is 11.2. The number of nitrogens with zero attached hydrogens (tertiary/aromatic N) is 1. The van der Waals surface area contributed by atoms with E-state index in [1.807, 2.05) is 25.1 Å². The number of halogens is 1. The number of aryl methyl sites for hydroxylation is 1. The molecule has 3 atom stereocenters. The summed E-state index contributed by atoms with van der Waals surface area (Å²) in [6.45, 7) is 2.20. The molecule has 5 rings (SSSR count). The fraction of sp³-hybridized carbons (Fsp3) is 0.259. The van der Waals surface area contributed by atoms with Gasteiger partial charge in [0.2, 0.25) is 10.0 Å². The number of fused-ring (bicyclic) bond motifs is 3. The number of benzene rings is 3. The summed E-state index contributed by atoms with van der Waals surface area (Å²) in [7, 11) is -3.74. The summed E-state index contributed by atoms with van der Waals surface area (Å²) in [6.07, 6.45) is 0.637. The van der Waals surface area contributed by atoms with E-state index in [1.54, 1.807) is 46.8 Å². The van der Waals surface area contributed by atoms with Crippen LogP contribution in [0.4, 0.5) is 10.1 Å². The Bertz CT molecular complexity index is 1390. The summed E-state index contributed by atoms with van der Waals surface area (Å²) in [5.41, 5.74) is 3.57. The molecule has 2 heterocycles. The van der Waals surface area contributed by atoms with Crippen LogP contribution in [-0.4, -0.2) is 37.0 Å². The van der Waals surface area contributed by atoms with Gasteiger partial charge in [-0.1, -0.05) is 41.7 Å². The van der Waals surface area contributed by atoms with Crippen molar-refractivity contribution in [3.8, 4) is 11.8 Å². The minimum absolute atomic E-state index is 0.0764. The van der Waals surface area contributed by atoms with Crippen LogP contribution in [0.1, 0.15) is 34.7 Å². The molecule has 0 aromatic heterocycles. The highest BCUT2D eigenvalue weighted by Gasteiger charge is 2.48. The van der Waals surface area contributed by atoms with Crippen LogP contribution in [0.5, 0.6) is 0 Å². The summed E-state index contributed by atoms with van der Waals surface area (Å²) in [5.74, 6) is 5.43. The first-order valence-corrected chi connectivity index (χ1v) is 12.7. The van der Waals surface area contributed by atoms with Gasteiger partial charge in [-0.15, -0.1) is 0 Å². The molecule has 2 N–H and O–H groups in total. The second kappa shape index (κ2) is 8.88. The maximum Gasteiger partial charge on any atom is 0.243 e. The van der Waals surface area contributed by atoms with Gasteiger partial charge in [0.1, 0.15) is 5.82 Å². The Balaban J connectivity index is 1.56. The fourth-order valence-electron chi connectivity index (χ4n) is 4.92. The predicted molar refractivity (Wildman–Crippen MR) is 129 cm³/mol. The van der Waals surface area contributed by atoms with Crippen molar-refractivity contribution in [1.29, 1.82) is 0 Å². The van der Waals surface area contributed by atoms with Crippen molar-refractivity contribution in [3.63, 3.8) is 0 Å². The predicted octanol–water partition coefficient (Wildman–Crippen LogP) is 4.07. The van der Waals surface area contributed by atoms with Gasteiger partial charge in [0, 0.05) is 23.7 Å². The van der Waals surface area contributed by atoms with E-state index in [4.69, 9.17) is 0 Å². The maximum atomic E-state index is 14.0. The average molecular weight is 477 g/mol. The molecule has 0 unspecified atom stereocenters. The van der Waals surface area contributed by atoms with Crippen LogP contribution in [0.2, 0.25) is 0 Å². The Hall–Kier alpha value is -3.18. The average Bonchev–Trinajstić information content (AvgIpc) is 3.30. The molecule has 0 saturated carbocycles. The summed E-state index contributed by atoms with van der Waals surface area (Å²) in [4.78, 5) is 0.259. The quantitative estimate of drug-likeness (QED) is 0.559. The summed E-state index contributed by atoms with van der Waals surface area (Å²) in [5, 5.41) is 13.4. The third kappa shape index (κ3) is 3.98. The van der Waals surface area contributed by atoms with Gasteiger partial charge >= 0.3 is 0 Å². The Labute approximate surface area is 199 Å². The molecular weight excluding hydrogens is 451 g/mol. The van der Waals surface area contributed by atoms with Crippen LogP contribution < -0.4 is 5.32 Å². The van der Waals surface area contributed by atoms with Crippen molar-refractivity contribution in [2.45, 2.75) is 30.3 Å². The molecule has 5 nitrogen and oxygen atoms in total. The normalized spacial score (nSPS) is 21.7. The first kappa shape index (κ1) is 22.6. The molecule has 2 aliphatic rings. The van der Waals surface area contributed by atoms with Crippen LogP contribution >= 0.6 is 0 Å². The molecule has 7 heteroatoms. The van der Waals surface area contributed by atoms with Gasteiger partial charge in [-0.25, -0.2) is 12.8 Å². The highest BCUT2D eigenvalue weighted by Crippen LogP contribution is 2.48. The van der Waals surface area contributed by atoms with E-state index in [-0.39, 0.29) is 29.3 Å². The number of hydrogen-bond acceptors (Lipinski definition) is 4. The number of rotatable bonds is 3. The van der Waals surface area contributed by atoms with E-state index < -0.39 is 16.1 Å². The van der Waals surface area contributed by atoms with Gasteiger partial charge in [0.05, 0.1) is 29.1 Å². The zero-order valence-electron chi connectivity index (χ0n) is 18.7. The molecule has 0 amide bonds. The van der Waals surface area contributed by atoms with Crippen LogP contribution in [0, 0.1) is 30.5 Å². The summed E-state index contributed by atoms with van der Waals surface area (Å²) in [6, 6.07) is 18.1. The van der Waals surface area contributed by atoms with Crippen LogP contribution in [0.15, 0.2) is 71.6 Å². The van der Waals surface area contributed by atoms with Crippen LogP contribution in [0.25, 0.3) is 0 Å². The molecule has 0 spiro atoms. The lowest BCUT2D eigenvalue weighted by Gasteiger charge is -2.38. The standard InChI is InChI=1S/C27H25FN2O3S/c1-18-6-11-21(12-7-18)34(32,33)30-15-14-22-26(17-31)29-25-13-9-19(16-23(25)27(22)30)8-10-20-4-2-3-5-24(20)28/h2-7,9,11-13,16,22,26-27,29,31H,14-15,17H2,1H3/t22-,26-,27-/m1/s1. The lowest BCUT2D eigenvalue weighted by Crippen LogP contribution is -2.42. The number of hydrogen-bond donors (Lipinski definition) is 2. The fourth-order valence-corrected chi connectivity index (χ4v) is 6.58. The minimum Gasteiger partial charge on any atom is -0.394 e. The van der Waals surface area contributed by atoms with Gasteiger partial charge in [-0.2, -0.15) is 4.31 Å². The second-order valence-electron chi connectivity index (χ2n) is 8.79. The highest BCUT2D eigenvalue weighted by molar-refractivity contribution is 7.89. The van der Waals surface area contributed by atoms with E-state index in [2.05, 4.69) is 17.2 Å². The number of aliphatic hydroxyl groups is 1. The number of aliphatic hydroxyl groups excluding tert-OH is 1. The van der Waals surface area contributed by atoms with Crippen molar-refractivity contribution in [3.05, 3.63) is 94.8 Å². The van der Waals surface area contributed by atoms with E-state index in [0.717, 1.165) is 16.8 Å². The largest absolute Gasteiger partial charge is 0.394 e. The zero-order chi connectivity index (χ0) is 23.9. The van der Waals surface area contributed by atoms with E-state index >= 15 is 0 Å². The van der Waals surface area contributed by atoms with Gasteiger partial charge in [0.25, 0.3) is 0 Å². The molecule has 174 valence electrons. The second-order valence-corrected chi connectivity index (χ2v) is 10.7. The number of sulfonamides is 1. The van der Waals surface area contributed by atoms with Gasteiger partial charge in [0.15, 0.2) is 0 Å². The van der Waals surface area contributed by atoms with Crippen molar-refractivity contribution in [1.82, 2.24) is 4.31 Å². The monoisotopic (exact) mass is 476 g/mol. The van der Waals surface area contributed by atoms with Crippen LogP contribution in [0.3, 0.4) is 0 Å². The molecule has 3 aromatic carbocycles. The van der Waals surface area contributed by atoms with Crippen molar-refractivity contribution in [2.24, 2.45) is 5.92 Å². The lowest BCUT2D eigenvalue weighted by molar-refractivity contribution is 0.210. The molecule has 0 bridgehead atoms. The van der Waals surface area contributed by atoms with E-state index in [9.17, 15) is 17.9 Å². The zero-order valence-corrected chi connectivity index (χ0v) is 19.5. The van der Waals surface area contributed by atoms with E-state index in [1.165, 1.54) is 6.07 Å². The molecule has 34 heavy (non-hydrogen) atoms. The smallest absolute Gasteiger partial charge is 0.243 e. The van der Waals surface area contributed by atoms with Crippen molar-refractivity contribution in [2.75, 3.05) is 18.5 Å². The molecule has 1 saturated heterocycles. The van der Waals surface area contributed by atoms with Crippen molar-refractivity contribution < 1.29 is 17.9 Å². The van der Waals surface area contributed by atoms with Gasteiger partial charge in [-0.05, 0) is 61.4 Å². The molecule has 0 aliphatic carbocycles. The molecule has 2 aliphatic heterocycles. The Morgan fingerprint density at radius 1 is 1.09 bits per heavy atom. The SMILES string of the molecule is Cc1ccc(S(=O)(=O)N2CC[C@@H]3[C@@H](CO)Nc4ccc(C#Cc5ccccc5F)cc4[C@@H]32)cc1. The Kier molecular flexibility index (Phi) is 5.90. The van der Waals surface area contributed by atoms with Crippen LogP contribution in [-0.2, 0) is 10.0 Å². The third-order valence-electron chi connectivity index (χ3n) is 6.67. The van der Waals surface area contributed by atoms with Gasteiger partial charge < -0.3 is 10.4 Å². The topological polar surface area (TPSA) is 69.6 Å². The number of nitrogens with one attached hydrogen (secondary N) is 1. The lowest BCUT2D eigenvalue weighted by atomic mass is 9.83. The number of anilines is 1. The maximum absolute atomic E-state index is 14.0. The highest BCUT2D eigenvalue weighted by atomic mass is 32.2. The Morgan fingerprint density at radius 3 is 2.59 bits per heavy atom. The third-order valence-corrected chi connectivity index (χ3v) is 8.56. The van der Waals surface area contributed by atoms with E-state index in [0.29, 0.717) is 24.1 Å². The summed E-state index contributed by atoms with van der Waals surface area (Å²) >= 11 is 0.